The van der Waals surface area contributed by atoms with Gasteiger partial charge >= 0.3 is 0 Å². The van der Waals surface area contributed by atoms with Crippen molar-refractivity contribution >= 4 is 37.1 Å². The molecule has 0 saturated carbocycles. The van der Waals surface area contributed by atoms with Gasteiger partial charge in [0.05, 0.1) is 5.69 Å². The third-order valence-corrected chi connectivity index (χ3v) is 9.08. The average molecular weight is 512 g/mol. The molecule has 8 heteroatoms. The Morgan fingerprint density at radius 1 is 1.06 bits per heavy atom. The first-order valence-corrected chi connectivity index (χ1v) is 14.9. The second-order valence-corrected chi connectivity index (χ2v) is 13.3. The lowest BCUT2D eigenvalue weighted by Crippen LogP contribution is -2.37. The lowest BCUT2D eigenvalue weighted by Gasteiger charge is -2.30. The molecule has 1 aliphatic heterocycles. The fourth-order valence-corrected chi connectivity index (χ4v) is 6.91. The number of rotatable bonds is 5. The first-order valence-electron chi connectivity index (χ1n) is 11.3. The zero-order valence-corrected chi connectivity index (χ0v) is 22.3. The highest BCUT2D eigenvalue weighted by Crippen LogP contribution is 2.40. The van der Waals surface area contributed by atoms with E-state index in [1.54, 1.807) is 30.3 Å². The molecular weight excluding hydrogens is 478 g/mol. The number of aryl methyl sites for hydroxylation is 2. The van der Waals surface area contributed by atoms with Crippen molar-refractivity contribution in [1.29, 1.82) is 0 Å². The number of fused-ring (bicyclic) bond motifs is 1. The van der Waals surface area contributed by atoms with Crippen LogP contribution in [0, 0.1) is 13.8 Å². The summed E-state index contributed by atoms with van der Waals surface area (Å²) < 4.78 is 43.3. The lowest BCUT2D eigenvalue weighted by atomic mass is 9.86. The molecule has 186 valence electrons. The SMILES string of the molecule is C=S(C)(=O)c1ccccc1CN(C)C1=NS(=O)(=O)c2ccc(C)c([C@@H](C)c3ccccc3C)c2N1.[HH]. The van der Waals surface area contributed by atoms with Crippen LogP contribution in [0.15, 0.2) is 74.9 Å². The summed E-state index contributed by atoms with van der Waals surface area (Å²) in [6, 6.07) is 19.0. The predicted octanol–water partition coefficient (Wildman–Crippen LogP) is 5.01. The third-order valence-electron chi connectivity index (χ3n) is 6.44. The summed E-state index contributed by atoms with van der Waals surface area (Å²) in [5, 5.41) is 3.32. The van der Waals surface area contributed by atoms with Crippen LogP contribution >= 0.6 is 0 Å². The summed E-state index contributed by atoms with van der Waals surface area (Å²) in [4.78, 5) is 2.55. The number of sulfonamides is 1. The van der Waals surface area contributed by atoms with Crippen molar-refractivity contribution < 1.29 is 14.1 Å². The quantitative estimate of drug-likeness (QED) is 0.487. The van der Waals surface area contributed by atoms with Crippen molar-refractivity contribution in [2.75, 3.05) is 18.6 Å². The molecule has 2 atom stereocenters. The second kappa shape index (κ2) is 9.17. The van der Waals surface area contributed by atoms with Crippen LogP contribution in [-0.4, -0.2) is 42.7 Å². The summed E-state index contributed by atoms with van der Waals surface area (Å²) in [5.41, 5.74) is 5.58. The van der Waals surface area contributed by atoms with Gasteiger partial charge in [-0.1, -0.05) is 55.5 Å². The first-order chi connectivity index (χ1) is 16.4. The molecule has 0 bridgehead atoms. The molecular formula is C27H33N3O3S2. The van der Waals surface area contributed by atoms with E-state index in [4.69, 9.17) is 0 Å². The topological polar surface area (TPSA) is 78.8 Å². The highest BCUT2D eigenvalue weighted by atomic mass is 32.2. The number of nitrogens with one attached hydrogen (secondary N) is 1. The van der Waals surface area contributed by atoms with Crippen molar-refractivity contribution in [1.82, 2.24) is 4.90 Å². The Morgan fingerprint density at radius 3 is 2.40 bits per heavy atom. The van der Waals surface area contributed by atoms with Gasteiger partial charge in [0.25, 0.3) is 10.0 Å². The monoisotopic (exact) mass is 511 g/mol. The van der Waals surface area contributed by atoms with Crippen LogP contribution in [0.2, 0.25) is 0 Å². The van der Waals surface area contributed by atoms with Gasteiger partial charge in [-0.3, -0.25) is 4.21 Å². The smallest absolute Gasteiger partial charge is 0.287 e. The van der Waals surface area contributed by atoms with Crippen LogP contribution in [0.5, 0.6) is 0 Å². The van der Waals surface area contributed by atoms with Gasteiger partial charge in [-0.15, -0.1) is 4.40 Å². The van der Waals surface area contributed by atoms with E-state index in [0.717, 1.165) is 27.8 Å². The maximum Gasteiger partial charge on any atom is 0.287 e. The fraction of sp³-hybridized carbons (Fsp3) is 0.259. The van der Waals surface area contributed by atoms with Gasteiger partial charge in [0.15, 0.2) is 0 Å². The highest BCUT2D eigenvalue weighted by Gasteiger charge is 2.31. The largest absolute Gasteiger partial charge is 0.340 e. The Labute approximate surface area is 210 Å². The zero-order valence-electron chi connectivity index (χ0n) is 20.7. The molecule has 1 N–H and O–H groups in total. The Hall–Kier alpha value is -3.10. The van der Waals surface area contributed by atoms with Crippen molar-refractivity contribution in [3.05, 3.63) is 88.5 Å². The van der Waals surface area contributed by atoms with Crippen molar-refractivity contribution in [2.24, 2.45) is 4.40 Å². The molecule has 1 aliphatic rings. The molecule has 0 saturated heterocycles. The standard InChI is InChI=1S/C27H31N3O3S2.H2/c1-18-11-7-9-13-22(18)20(3)25-19(2)15-16-24-26(25)28-27(29-35(24,32)33)30(4)17-21-12-8-10-14-23(21)34(5,6)31;/h7-16,20H,5,17H2,1-4,6H3,(H,28,29);1H/t20-,34?;/m0./s1. The second-order valence-electron chi connectivity index (χ2n) is 9.23. The Kier molecular flexibility index (Phi) is 6.55. The third kappa shape index (κ3) is 4.86. The number of benzene rings is 3. The first kappa shape index (κ1) is 25.0. The summed E-state index contributed by atoms with van der Waals surface area (Å²) >= 11 is 0. The number of hydrogen-bond acceptors (Lipinski definition) is 5. The molecule has 3 aromatic rings. The van der Waals surface area contributed by atoms with Gasteiger partial charge in [0.1, 0.15) is 4.90 Å². The van der Waals surface area contributed by atoms with E-state index in [-0.39, 0.29) is 18.2 Å². The summed E-state index contributed by atoms with van der Waals surface area (Å²) in [7, 11) is -4.59. The molecule has 1 heterocycles. The van der Waals surface area contributed by atoms with Gasteiger partial charge in [0, 0.05) is 32.1 Å². The lowest BCUT2D eigenvalue weighted by molar-refractivity contribution is 0.493. The van der Waals surface area contributed by atoms with Gasteiger partial charge in [-0.2, -0.15) is 8.42 Å². The van der Waals surface area contributed by atoms with E-state index >= 15 is 0 Å². The predicted molar refractivity (Wildman–Crippen MR) is 148 cm³/mol. The van der Waals surface area contributed by atoms with Crippen LogP contribution in [0.1, 0.15) is 42.1 Å². The number of guanidine groups is 1. The molecule has 0 spiro atoms. The van der Waals surface area contributed by atoms with Crippen molar-refractivity contribution in [3.8, 4) is 0 Å². The van der Waals surface area contributed by atoms with Crippen LogP contribution < -0.4 is 5.32 Å². The molecule has 0 aliphatic carbocycles. The maximum atomic E-state index is 13.2. The Bertz CT molecular complexity index is 1550. The summed E-state index contributed by atoms with van der Waals surface area (Å²) in [5.74, 6) is 4.01. The van der Waals surface area contributed by atoms with Crippen molar-refractivity contribution in [3.63, 3.8) is 0 Å². The molecule has 0 radical (unpaired) electrons. The zero-order chi connectivity index (χ0) is 25.5. The van der Waals surface area contributed by atoms with E-state index in [1.165, 1.54) is 0 Å². The van der Waals surface area contributed by atoms with E-state index in [2.05, 4.69) is 41.6 Å². The molecule has 0 amide bonds. The Balaban J connectivity index is 0.00000361. The van der Waals surface area contributed by atoms with Gasteiger partial charge in [-0.05, 0) is 69.2 Å². The number of hydrogen-bond donors (Lipinski definition) is 1. The van der Waals surface area contributed by atoms with E-state index in [0.29, 0.717) is 17.1 Å². The molecule has 0 aromatic heterocycles. The normalized spacial score (nSPS) is 16.9. The van der Waals surface area contributed by atoms with E-state index < -0.39 is 19.5 Å². The van der Waals surface area contributed by atoms with Crippen LogP contribution in [0.4, 0.5) is 5.69 Å². The molecule has 4 rings (SSSR count). The minimum Gasteiger partial charge on any atom is -0.340 e. The fourth-order valence-electron chi connectivity index (χ4n) is 4.68. The molecule has 0 fully saturated rings. The summed E-state index contributed by atoms with van der Waals surface area (Å²) in [6.45, 7) is 6.47. The number of anilines is 1. The van der Waals surface area contributed by atoms with Crippen LogP contribution in [0.3, 0.4) is 0 Å². The minimum atomic E-state index is -3.92. The average Bonchev–Trinajstić information content (AvgIpc) is 2.78. The van der Waals surface area contributed by atoms with Gasteiger partial charge in [0.2, 0.25) is 5.96 Å². The molecule has 1 unspecified atom stereocenters. The highest BCUT2D eigenvalue weighted by molar-refractivity contribution is 7.99. The van der Waals surface area contributed by atoms with Crippen LogP contribution in [-0.2, 0) is 26.1 Å². The van der Waals surface area contributed by atoms with Gasteiger partial charge in [-0.25, -0.2) is 0 Å². The van der Waals surface area contributed by atoms with Crippen LogP contribution in [0.25, 0.3) is 0 Å². The molecule has 3 aromatic carbocycles. The summed E-state index contributed by atoms with van der Waals surface area (Å²) in [6.07, 6.45) is 1.60. The van der Waals surface area contributed by atoms with E-state index in [9.17, 15) is 12.6 Å². The minimum absolute atomic E-state index is 0. The number of nitrogens with zero attached hydrogens (tertiary/aromatic N) is 2. The maximum absolute atomic E-state index is 13.2. The molecule has 35 heavy (non-hydrogen) atoms. The van der Waals surface area contributed by atoms with Gasteiger partial charge < -0.3 is 10.2 Å². The van der Waals surface area contributed by atoms with E-state index in [1.807, 2.05) is 43.3 Å². The Morgan fingerprint density at radius 2 is 1.71 bits per heavy atom. The molecule has 6 nitrogen and oxygen atoms in total. The van der Waals surface area contributed by atoms with Crippen molar-refractivity contribution in [2.45, 2.75) is 43.0 Å².